The molecular weight excluding hydrogens is 1110 g/mol. The highest BCUT2D eigenvalue weighted by Crippen LogP contribution is 2.43. The molecule has 14 nitrogen and oxygen atoms in total. The lowest BCUT2D eigenvalue weighted by atomic mass is 9.94. The molecule has 3 fully saturated rings. The van der Waals surface area contributed by atoms with E-state index in [9.17, 15) is 18.8 Å². The molecule has 0 spiro atoms. The van der Waals surface area contributed by atoms with Gasteiger partial charge in [0.25, 0.3) is 11.8 Å². The molecule has 7 aromatic carbocycles. The third-order valence-corrected chi connectivity index (χ3v) is 17.4. The van der Waals surface area contributed by atoms with Crippen LogP contribution in [0.4, 0.5) is 4.39 Å². The molecule has 10 atom stereocenters. The fraction of sp³-hybridized carbons (Fsp3) is 0.357. The number of quaternary nitrogens is 1. The zero-order valence-electron chi connectivity index (χ0n) is 48.5. The van der Waals surface area contributed by atoms with Crippen LogP contribution in [-0.4, -0.2) is 121 Å². The topological polar surface area (TPSA) is 138 Å². The normalized spacial score (nSPS) is 24.5. The van der Waals surface area contributed by atoms with E-state index >= 15 is 0 Å². The maximum Gasteiger partial charge on any atom is 0.303 e. The van der Waals surface area contributed by atoms with Gasteiger partial charge in [-0.1, -0.05) is 169 Å². The third-order valence-electron chi connectivity index (χ3n) is 16.3. The van der Waals surface area contributed by atoms with Crippen LogP contribution in [-0.2, 0) is 87.0 Å². The van der Waals surface area contributed by atoms with E-state index in [-0.39, 0.29) is 57.4 Å². The second-order valence-corrected chi connectivity index (χ2v) is 23.9. The van der Waals surface area contributed by atoms with Crippen molar-refractivity contribution in [1.82, 2.24) is 4.90 Å². The quantitative estimate of drug-likeness (QED) is 0.0305. The van der Waals surface area contributed by atoms with Gasteiger partial charge in [0.05, 0.1) is 77.5 Å². The molecule has 4 heterocycles. The van der Waals surface area contributed by atoms with Gasteiger partial charge in [0, 0.05) is 17.4 Å². The average molecular weight is 1190 g/mol. The van der Waals surface area contributed by atoms with Gasteiger partial charge in [-0.25, -0.2) is 4.39 Å². The lowest BCUT2D eigenvalue weighted by Crippen LogP contribution is -2.68. The summed E-state index contributed by atoms with van der Waals surface area (Å²) in [5, 5.41) is 0. The summed E-state index contributed by atoms with van der Waals surface area (Å²) >= 11 is 1.15. The molecule has 4 aliphatic rings. The van der Waals surface area contributed by atoms with Gasteiger partial charge in [-0.05, 0) is 83.5 Å². The minimum Gasteiger partial charge on any atom is -0.457 e. The van der Waals surface area contributed by atoms with Crippen LogP contribution in [0.2, 0.25) is 0 Å². The number of fused-ring (bicyclic) bond motifs is 1. The highest BCUT2D eigenvalue weighted by Gasteiger charge is 2.58. The van der Waals surface area contributed by atoms with Crippen LogP contribution in [0, 0.1) is 5.82 Å². The van der Waals surface area contributed by atoms with Gasteiger partial charge in [0.1, 0.15) is 60.5 Å². The summed E-state index contributed by atoms with van der Waals surface area (Å²) in [4.78, 5) is 45.2. The maximum absolute atomic E-state index is 14.8. The number of carbonyl (C=O) groups is 3. The van der Waals surface area contributed by atoms with Crippen molar-refractivity contribution in [1.29, 1.82) is 0 Å². The summed E-state index contributed by atoms with van der Waals surface area (Å²) in [6.07, 6.45) is -5.18. The molecule has 0 N–H and O–H groups in total. The zero-order valence-corrected chi connectivity index (χ0v) is 49.3. The number of amides is 2. The molecule has 2 amide bonds. The molecule has 0 bridgehead atoms. The summed E-state index contributed by atoms with van der Waals surface area (Å²) in [7, 11) is 2.35. The molecule has 0 unspecified atom stereocenters. The second-order valence-electron chi connectivity index (χ2n) is 22.8. The Morgan fingerprint density at radius 3 is 1.50 bits per heavy atom. The van der Waals surface area contributed by atoms with E-state index < -0.39 is 84.1 Å². The first kappa shape index (κ1) is 60.7. The van der Waals surface area contributed by atoms with Crippen LogP contribution in [0.1, 0.15) is 80.3 Å². The number of imide groups is 1. The third kappa shape index (κ3) is 15.4. The molecule has 448 valence electrons. The Morgan fingerprint density at radius 1 is 0.523 bits per heavy atom. The van der Waals surface area contributed by atoms with Crippen LogP contribution in [0.3, 0.4) is 0 Å². The molecule has 3 saturated heterocycles. The lowest BCUT2D eigenvalue weighted by molar-refractivity contribution is -0.926. The number of piperidine rings is 1. The first-order valence-corrected chi connectivity index (χ1v) is 30.5. The largest absolute Gasteiger partial charge is 0.457 e. The Hall–Kier alpha value is -6.93. The van der Waals surface area contributed by atoms with Gasteiger partial charge in [0.15, 0.2) is 12.4 Å². The van der Waals surface area contributed by atoms with E-state index in [0.29, 0.717) is 4.90 Å². The highest BCUT2D eigenvalue weighted by atomic mass is 32.2. The van der Waals surface area contributed by atoms with E-state index in [0.717, 1.165) is 55.5 Å². The molecule has 4 aliphatic heterocycles. The number of benzene rings is 7. The summed E-state index contributed by atoms with van der Waals surface area (Å²) in [5.41, 5.74) is 5.03. The monoisotopic (exact) mass is 1190 g/mol. The highest BCUT2D eigenvalue weighted by molar-refractivity contribution is 7.99. The predicted molar refractivity (Wildman–Crippen MR) is 321 cm³/mol. The minimum absolute atomic E-state index is 0.0127. The van der Waals surface area contributed by atoms with Crippen molar-refractivity contribution >= 4 is 29.5 Å². The fourth-order valence-corrected chi connectivity index (χ4v) is 13.1. The van der Waals surface area contributed by atoms with Gasteiger partial charge in [0.2, 0.25) is 0 Å². The zero-order chi connectivity index (χ0) is 59.2. The van der Waals surface area contributed by atoms with Crippen molar-refractivity contribution in [3.63, 3.8) is 0 Å². The van der Waals surface area contributed by atoms with Crippen molar-refractivity contribution in [3.05, 3.63) is 244 Å². The summed E-state index contributed by atoms with van der Waals surface area (Å²) in [6, 6.07) is 58.6. The number of thioether (sulfide) groups is 1. The number of nitrogens with zero attached hydrogens (tertiary/aromatic N) is 2. The smallest absolute Gasteiger partial charge is 0.303 e. The van der Waals surface area contributed by atoms with Gasteiger partial charge < -0.3 is 47.1 Å². The van der Waals surface area contributed by atoms with E-state index in [1.54, 1.807) is 36.4 Å². The van der Waals surface area contributed by atoms with Gasteiger partial charge >= 0.3 is 5.97 Å². The molecule has 11 rings (SSSR count). The number of rotatable bonds is 25. The van der Waals surface area contributed by atoms with E-state index in [4.69, 9.17) is 42.6 Å². The Balaban J connectivity index is 0.988. The van der Waals surface area contributed by atoms with Crippen molar-refractivity contribution < 1.29 is 65.9 Å². The van der Waals surface area contributed by atoms with Crippen LogP contribution in [0.25, 0.3) is 0 Å². The van der Waals surface area contributed by atoms with E-state index in [1.165, 1.54) is 57.0 Å². The summed E-state index contributed by atoms with van der Waals surface area (Å²) in [5.74, 6) is -2.41. The Morgan fingerprint density at radius 2 is 0.977 bits per heavy atom. The number of hydrogen-bond acceptors (Lipinski definition) is 13. The van der Waals surface area contributed by atoms with Crippen molar-refractivity contribution in [2.24, 2.45) is 0 Å². The first-order chi connectivity index (χ1) is 42.0. The van der Waals surface area contributed by atoms with E-state index in [1.807, 2.05) is 121 Å². The number of halogens is 1. The van der Waals surface area contributed by atoms with Crippen LogP contribution in [0.5, 0.6) is 0 Å². The predicted octanol–water partition coefficient (Wildman–Crippen LogP) is 11.7. The number of carbonyl (C=O) groups excluding carboxylic acids is 3. The first-order valence-electron chi connectivity index (χ1n) is 29.6. The Labute approximate surface area is 506 Å². The molecule has 7 aromatic rings. The summed E-state index contributed by atoms with van der Waals surface area (Å²) < 4.78 is 78.3. The average Bonchev–Trinajstić information content (AvgIpc) is 3.00. The number of likely N-dealkylation sites (tertiary alicyclic amines) is 1. The van der Waals surface area contributed by atoms with E-state index in [2.05, 4.69) is 31.3 Å². The standard InChI is InChI=1S/C70H74FN2O12S/c1-48(74)82-64-61(72-67(75)57-28-16-17-29-58(57)68(72)76)70(86-56-36-34-55(71)35-37-56)84-60(47-77-41-50-20-8-3-9-21-50)63(64)85-69-66(81-45-53-26-14-6-15-27-53)65(80-44-52-24-12-5-13-25-52)62(79-43-51-22-10-4-11-23-51)59(83-69)46-78-42-54-32-30-49(31-33-54)40-73(2)38-18-7-19-39-73/h3-6,8-17,20-37,59-66,69-70H,7,18-19,38-47H2,1-2H3/q+1/t59-,60-,61-,62-,63-,64-,65+,66-,69-,70+/m1/s1. The molecule has 0 saturated carbocycles. The number of esters is 1. The molecule has 0 aliphatic carbocycles. The van der Waals surface area contributed by atoms with Crippen LogP contribution < -0.4 is 0 Å². The second kappa shape index (κ2) is 29.2. The molecular formula is C70H74FN2O12S+. The van der Waals surface area contributed by atoms with Crippen LogP contribution >= 0.6 is 11.8 Å². The molecule has 0 aromatic heterocycles. The van der Waals surface area contributed by atoms with Gasteiger partial charge in [-0.15, -0.1) is 0 Å². The Kier molecular flexibility index (Phi) is 20.6. The minimum atomic E-state index is -1.43. The lowest BCUT2D eigenvalue weighted by Gasteiger charge is -2.51. The Bertz CT molecular complexity index is 3250. The molecule has 16 heteroatoms. The van der Waals surface area contributed by atoms with Crippen LogP contribution in [0.15, 0.2) is 199 Å². The van der Waals surface area contributed by atoms with Crippen molar-refractivity contribution in [2.45, 2.75) is 131 Å². The maximum atomic E-state index is 14.8. The van der Waals surface area contributed by atoms with Crippen molar-refractivity contribution in [2.75, 3.05) is 33.4 Å². The number of ether oxygens (including phenoxy) is 9. The SMILES string of the molecule is CC(=O)O[C@H]1[C@H](O[C@H]2O[C@H](COCc3ccc(C[N+]4(C)CCCCC4)cc3)[C@@H](OCc3ccccc3)[C@H](OCc3ccccc3)[C@H]2OCc2ccccc2)[C@@H](COCc2ccccc2)O[C@@H](Sc2ccc(F)cc2)[C@@H]1N1C(=O)c2ccccc2C1=O. The molecule has 0 radical (unpaired) electrons. The fourth-order valence-electron chi connectivity index (χ4n) is 11.9. The van der Waals surface area contributed by atoms with Gasteiger partial charge in [-0.3, -0.25) is 19.3 Å². The summed E-state index contributed by atoms with van der Waals surface area (Å²) in [6.45, 7) is 5.30. The van der Waals surface area contributed by atoms with Gasteiger partial charge in [-0.2, -0.15) is 0 Å². The molecule has 86 heavy (non-hydrogen) atoms. The number of hydrogen-bond donors (Lipinski definition) is 0. The van der Waals surface area contributed by atoms with Crippen molar-refractivity contribution in [3.8, 4) is 0 Å².